The van der Waals surface area contributed by atoms with Gasteiger partial charge in [-0.25, -0.2) is 0 Å². The standard InChI is InChI=1S/C22H30N2O5S/c1-7-12(3)30-15-10-9-13(11-14(15)28-5)18-16-17(20(26)24(8-2)19(16)25)22(4,23-18)21(27)29-6/h9-12,16-18,23H,7-8H2,1-6H3/t12?,16-,17-,18-,22-/m1/s1. The van der Waals surface area contributed by atoms with Crippen molar-refractivity contribution in [1.29, 1.82) is 0 Å². The smallest absolute Gasteiger partial charge is 0.326 e. The summed E-state index contributed by atoms with van der Waals surface area (Å²) in [6, 6.07) is 5.32. The number of rotatable bonds is 7. The second-order valence-corrected chi connectivity index (χ2v) is 9.47. The number of ether oxygens (including phenoxy) is 2. The molecule has 0 aromatic heterocycles. The first-order chi connectivity index (χ1) is 14.2. The van der Waals surface area contributed by atoms with Crippen molar-refractivity contribution in [2.75, 3.05) is 20.8 Å². The molecular weight excluding hydrogens is 404 g/mol. The third kappa shape index (κ3) is 3.50. The molecule has 2 fully saturated rings. The van der Waals surface area contributed by atoms with Crippen molar-refractivity contribution in [3.8, 4) is 5.75 Å². The number of carbonyl (C=O) groups is 3. The van der Waals surface area contributed by atoms with Gasteiger partial charge in [0, 0.05) is 22.7 Å². The van der Waals surface area contributed by atoms with Gasteiger partial charge in [0.1, 0.15) is 11.3 Å². The number of amides is 2. The van der Waals surface area contributed by atoms with E-state index >= 15 is 0 Å². The van der Waals surface area contributed by atoms with Crippen molar-refractivity contribution in [1.82, 2.24) is 10.2 Å². The van der Waals surface area contributed by atoms with Gasteiger partial charge in [-0.1, -0.05) is 19.9 Å². The molecule has 164 valence electrons. The van der Waals surface area contributed by atoms with Crippen LogP contribution in [-0.4, -0.2) is 54.2 Å². The quantitative estimate of drug-likeness (QED) is 0.401. The van der Waals surface area contributed by atoms with Gasteiger partial charge < -0.3 is 9.47 Å². The Morgan fingerprint density at radius 2 is 1.97 bits per heavy atom. The maximum absolute atomic E-state index is 13.1. The average Bonchev–Trinajstić information content (AvgIpc) is 3.20. The van der Waals surface area contributed by atoms with E-state index in [1.165, 1.54) is 12.0 Å². The maximum Gasteiger partial charge on any atom is 0.326 e. The van der Waals surface area contributed by atoms with Crippen molar-refractivity contribution in [3.63, 3.8) is 0 Å². The van der Waals surface area contributed by atoms with E-state index in [0.717, 1.165) is 16.9 Å². The molecule has 1 aromatic carbocycles. The number of carbonyl (C=O) groups excluding carboxylic acids is 3. The van der Waals surface area contributed by atoms with Crippen LogP contribution in [-0.2, 0) is 19.1 Å². The van der Waals surface area contributed by atoms with Crippen LogP contribution in [0.3, 0.4) is 0 Å². The summed E-state index contributed by atoms with van der Waals surface area (Å²) in [6.45, 7) is 7.98. The molecule has 30 heavy (non-hydrogen) atoms. The van der Waals surface area contributed by atoms with Crippen LogP contribution in [0.25, 0.3) is 0 Å². The van der Waals surface area contributed by atoms with Crippen molar-refractivity contribution < 1.29 is 23.9 Å². The molecule has 2 aliphatic rings. The Labute approximate surface area is 181 Å². The summed E-state index contributed by atoms with van der Waals surface area (Å²) in [6.07, 6.45) is 1.03. The second kappa shape index (κ2) is 8.59. The first-order valence-electron chi connectivity index (χ1n) is 10.3. The molecule has 0 bridgehead atoms. The molecule has 0 saturated carbocycles. The lowest BCUT2D eigenvalue weighted by atomic mass is 9.80. The van der Waals surface area contributed by atoms with Crippen LogP contribution in [0.15, 0.2) is 23.1 Å². The van der Waals surface area contributed by atoms with E-state index < -0.39 is 29.4 Å². The molecule has 3 rings (SSSR count). The first-order valence-corrected chi connectivity index (χ1v) is 11.2. The number of methoxy groups -OCH3 is 2. The van der Waals surface area contributed by atoms with E-state index in [0.29, 0.717) is 11.0 Å². The van der Waals surface area contributed by atoms with Crippen LogP contribution in [0, 0.1) is 11.8 Å². The monoisotopic (exact) mass is 434 g/mol. The Balaban J connectivity index is 2.04. The van der Waals surface area contributed by atoms with E-state index in [1.807, 2.05) is 18.2 Å². The van der Waals surface area contributed by atoms with Crippen LogP contribution in [0.5, 0.6) is 5.75 Å². The molecule has 2 saturated heterocycles. The van der Waals surface area contributed by atoms with Gasteiger partial charge in [-0.2, -0.15) is 0 Å². The van der Waals surface area contributed by atoms with E-state index in [-0.39, 0.29) is 18.4 Å². The minimum atomic E-state index is -1.28. The molecule has 1 unspecified atom stereocenters. The lowest BCUT2D eigenvalue weighted by Crippen LogP contribution is -2.53. The number of hydrogen-bond donors (Lipinski definition) is 1. The molecule has 0 radical (unpaired) electrons. The summed E-state index contributed by atoms with van der Waals surface area (Å²) < 4.78 is 10.6. The second-order valence-electron chi connectivity index (χ2n) is 7.99. The molecular formula is C22H30N2O5S. The molecule has 2 aliphatic heterocycles. The molecule has 5 atom stereocenters. The third-order valence-corrected chi connectivity index (χ3v) is 7.58. The predicted octanol–water partition coefficient (Wildman–Crippen LogP) is 2.78. The Hall–Kier alpha value is -2.06. The highest BCUT2D eigenvalue weighted by Crippen LogP contribution is 2.49. The first kappa shape index (κ1) is 22.6. The van der Waals surface area contributed by atoms with Crippen molar-refractivity contribution >= 4 is 29.5 Å². The predicted molar refractivity (Wildman–Crippen MR) is 114 cm³/mol. The highest BCUT2D eigenvalue weighted by atomic mass is 32.2. The van der Waals surface area contributed by atoms with Crippen LogP contribution < -0.4 is 10.1 Å². The fourth-order valence-electron chi connectivity index (χ4n) is 4.47. The van der Waals surface area contributed by atoms with Gasteiger partial charge in [-0.05, 0) is 38.0 Å². The van der Waals surface area contributed by atoms with Gasteiger partial charge in [-0.3, -0.25) is 24.6 Å². The summed E-state index contributed by atoms with van der Waals surface area (Å²) in [4.78, 5) is 41.0. The van der Waals surface area contributed by atoms with E-state index in [9.17, 15) is 14.4 Å². The van der Waals surface area contributed by atoms with Crippen molar-refractivity contribution in [3.05, 3.63) is 23.8 Å². The number of benzene rings is 1. The third-order valence-electron chi connectivity index (χ3n) is 6.25. The number of likely N-dealkylation sites (tertiary alicyclic amines) is 1. The van der Waals surface area contributed by atoms with E-state index in [4.69, 9.17) is 9.47 Å². The number of hydrogen-bond acceptors (Lipinski definition) is 7. The van der Waals surface area contributed by atoms with E-state index in [1.54, 1.807) is 32.7 Å². The van der Waals surface area contributed by atoms with Gasteiger partial charge in [0.25, 0.3) is 0 Å². The topological polar surface area (TPSA) is 84.9 Å². The van der Waals surface area contributed by atoms with Crippen LogP contribution in [0.4, 0.5) is 0 Å². The zero-order chi connectivity index (χ0) is 22.2. The highest BCUT2D eigenvalue weighted by molar-refractivity contribution is 8.00. The normalized spacial score (nSPS) is 29.1. The molecule has 1 N–H and O–H groups in total. The summed E-state index contributed by atoms with van der Waals surface area (Å²) >= 11 is 1.73. The largest absolute Gasteiger partial charge is 0.496 e. The molecule has 8 heteroatoms. The summed E-state index contributed by atoms with van der Waals surface area (Å²) in [5.41, 5.74) is -0.472. The zero-order valence-electron chi connectivity index (χ0n) is 18.4. The Morgan fingerprint density at radius 3 is 2.53 bits per heavy atom. The summed E-state index contributed by atoms with van der Waals surface area (Å²) in [5, 5.41) is 3.70. The lowest BCUT2D eigenvalue weighted by Gasteiger charge is -2.28. The number of thioether (sulfide) groups is 1. The number of nitrogens with zero attached hydrogens (tertiary/aromatic N) is 1. The lowest BCUT2D eigenvalue weighted by molar-refractivity contribution is -0.153. The SMILES string of the molecule is CCC(C)Sc1ccc([C@H]2N[C@@](C)(C(=O)OC)[C@H]3C(=O)N(CC)C(=O)[C@@H]23)cc1OC. The Kier molecular flexibility index (Phi) is 6.48. The summed E-state index contributed by atoms with van der Waals surface area (Å²) in [5.74, 6) is -1.88. The molecule has 0 aliphatic carbocycles. The molecule has 1 aromatic rings. The molecule has 0 spiro atoms. The number of esters is 1. The number of nitrogens with one attached hydrogen (secondary N) is 1. The highest BCUT2D eigenvalue weighted by Gasteiger charge is 2.66. The van der Waals surface area contributed by atoms with Crippen molar-refractivity contribution in [2.45, 2.75) is 55.8 Å². The molecule has 2 amide bonds. The fraction of sp³-hybridized carbons (Fsp3) is 0.591. The molecule has 7 nitrogen and oxygen atoms in total. The number of imide groups is 1. The molecule has 2 heterocycles. The maximum atomic E-state index is 13.1. The minimum Gasteiger partial charge on any atom is -0.496 e. The minimum absolute atomic E-state index is 0.255. The van der Waals surface area contributed by atoms with Gasteiger partial charge in [0.2, 0.25) is 11.8 Å². The van der Waals surface area contributed by atoms with Crippen LogP contribution in [0.1, 0.15) is 45.7 Å². The van der Waals surface area contributed by atoms with Gasteiger partial charge in [0.05, 0.1) is 26.1 Å². The number of fused-ring (bicyclic) bond motifs is 1. The fourth-order valence-corrected chi connectivity index (χ4v) is 5.48. The average molecular weight is 435 g/mol. The zero-order valence-corrected chi connectivity index (χ0v) is 19.2. The van der Waals surface area contributed by atoms with Crippen LogP contribution >= 0.6 is 11.8 Å². The van der Waals surface area contributed by atoms with Crippen molar-refractivity contribution in [2.24, 2.45) is 11.8 Å². The Morgan fingerprint density at radius 1 is 1.27 bits per heavy atom. The summed E-state index contributed by atoms with van der Waals surface area (Å²) in [7, 11) is 2.91. The van der Waals surface area contributed by atoms with Crippen LogP contribution in [0.2, 0.25) is 0 Å². The van der Waals surface area contributed by atoms with Gasteiger partial charge >= 0.3 is 5.97 Å². The van der Waals surface area contributed by atoms with Gasteiger partial charge in [0.15, 0.2) is 0 Å². The Bertz CT molecular complexity index is 860. The van der Waals surface area contributed by atoms with Gasteiger partial charge in [-0.15, -0.1) is 11.8 Å². The van der Waals surface area contributed by atoms with E-state index in [2.05, 4.69) is 19.2 Å².